The number of para-hydroxylation sites is 1. The highest BCUT2D eigenvalue weighted by Gasteiger charge is 2.30. The normalized spacial score (nSPS) is 11.6. The Labute approximate surface area is 166 Å². The van der Waals surface area contributed by atoms with Crippen LogP contribution < -0.4 is 9.99 Å². The molecule has 0 atom stereocenters. The van der Waals surface area contributed by atoms with Gasteiger partial charge in [-0.1, -0.05) is 12.1 Å². The maximum Gasteiger partial charge on any atom is 0.328 e. The number of benzene rings is 2. The van der Waals surface area contributed by atoms with Crippen molar-refractivity contribution in [3.63, 3.8) is 0 Å². The minimum Gasteiger partial charge on any atom is -0.465 e. The number of fused-ring (bicyclic) bond motifs is 1. The molecular weight excluding hydrogens is 401 g/mol. The number of sulfonamides is 1. The predicted molar refractivity (Wildman–Crippen MR) is 106 cm³/mol. The first-order valence-corrected chi connectivity index (χ1v) is 10.2. The molecule has 154 valence electrons. The standard InChI is InChI=1S/C19H20FN3O5S/c1-4-28-18(24)12-23(15-8-6-5-7-14(15)20)29(26,27)13-9-10-16-17(11-13)22(3)19(25)21(16)2/h5-11H,4,12H2,1-3H3. The van der Waals surface area contributed by atoms with Gasteiger partial charge in [-0.2, -0.15) is 0 Å². The van der Waals surface area contributed by atoms with E-state index in [0.717, 1.165) is 6.07 Å². The molecule has 0 spiro atoms. The monoisotopic (exact) mass is 421 g/mol. The minimum absolute atomic E-state index is 0.0576. The molecule has 0 aliphatic heterocycles. The highest BCUT2D eigenvalue weighted by atomic mass is 32.2. The van der Waals surface area contributed by atoms with Crippen LogP contribution in [-0.4, -0.2) is 36.7 Å². The van der Waals surface area contributed by atoms with Crippen LogP contribution in [0.4, 0.5) is 10.1 Å². The summed E-state index contributed by atoms with van der Waals surface area (Å²) < 4.78 is 49.3. The second kappa shape index (κ2) is 7.70. The van der Waals surface area contributed by atoms with Crippen LogP contribution in [0.3, 0.4) is 0 Å². The third kappa shape index (κ3) is 3.63. The van der Waals surface area contributed by atoms with Gasteiger partial charge in [0, 0.05) is 14.1 Å². The summed E-state index contributed by atoms with van der Waals surface area (Å²) in [6.07, 6.45) is 0. The van der Waals surface area contributed by atoms with E-state index in [2.05, 4.69) is 0 Å². The number of hydrogen-bond donors (Lipinski definition) is 0. The predicted octanol–water partition coefficient (Wildman–Crippen LogP) is 1.77. The smallest absolute Gasteiger partial charge is 0.328 e. The minimum atomic E-state index is -4.33. The average molecular weight is 421 g/mol. The van der Waals surface area contributed by atoms with Gasteiger partial charge in [0.1, 0.15) is 12.4 Å². The molecule has 0 amide bonds. The summed E-state index contributed by atoms with van der Waals surface area (Å²) in [5.41, 5.74) is 0.345. The molecule has 1 aromatic heterocycles. The van der Waals surface area contributed by atoms with Crippen molar-refractivity contribution in [3.05, 3.63) is 58.8 Å². The second-order valence-electron chi connectivity index (χ2n) is 6.32. The number of anilines is 1. The van der Waals surface area contributed by atoms with Crippen molar-refractivity contribution >= 4 is 32.7 Å². The number of carbonyl (C=O) groups is 1. The lowest BCUT2D eigenvalue weighted by Crippen LogP contribution is -2.37. The fourth-order valence-electron chi connectivity index (χ4n) is 3.05. The number of aryl methyl sites for hydroxylation is 2. The molecule has 0 aliphatic rings. The number of halogens is 1. The van der Waals surface area contributed by atoms with Crippen LogP contribution in [0.2, 0.25) is 0 Å². The molecule has 0 saturated carbocycles. The van der Waals surface area contributed by atoms with Gasteiger partial charge in [0.15, 0.2) is 0 Å². The number of esters is 1. The summed E-state index contributed by atoms with van der Waals surface area (Å²) in [6, 6.07) is 9.39. The Morgan fingerprint density at radius 1 is 1.10 bits per heavy atom. The fraction of sp³-hybridized carbons (Fsp3) is 0.263. The second-order valence-corrected chi connectivity index (χ2v) is 8.18. The Bertz CT molecular complexity index is 1250. The molecule has 0 fully saturated rings. The maximum atomic E-state index is 14.4. The number of hydrogen-bond acceptors (Lipinski definition) is 5. The molecule has 0 bridgehead atoms. The van der Waals surface area contributed by atoms with E-state index in [1.807, 2.05) is 0 Å². The molecule has 0 unspecified atom stereocenters. The lowest BCUT2D eigenvalue weighted by molar-refractivity contribution is -0.141. The number of rotatable bonds is 6. The van der Waals surface area contributed by atoms with E-state index in [0.29, 0.717) is 15.3 Å². The van der Waals surface area contributed by atoms with E-state index in [-0.39, 0.29) is 22.9 Å². The van der Waals surface area contributed by atoms with E-state index >= 15 is 0 Å². The Hall–Kier alpha value is -3.14. The number of carbonyl (C=O) groups excluding carboxylic acids is 1. The molecule has 8 nitrogen and oxygen atoms in total. The third-order valence-corrected chi connectivity index (χ3v) is 6.29. The molecule has 0 N–H and O–H groups in total. The molecule has 0 radical (unpaired) electrons. The summed E-state index contributed by atoms with van der Waals surface area (Å²) in [6.45, 7) is 0.953. The number of nitrogens with zero attached hydrogens (tertiary/aromatic N) is 3. The van der Waals surface area contributed by atoms with Crippen LogP contribution in [0.15, 0.2) is 52.2 Å². The third-order valence-electron chi connectivity index (χ3n) is 4.53. The van der Waals surface area contributed by atoms with Crippen molar-refractivity contribution in [2.75, 3.05) is 17.5 Å². The fourth-order valence-corrected chi connectivity index (χ4v) is 4.49. The van der Waals surface area contributed by atoms with Crippen molar-refractivity contribution in [1.29, 1.82) is 0 Å². The summed E-state index contributed by atoms with van der Waals surface area (Å²) >= 11 is 0. The van der Waals surface area contributed by atoms with Crippen LogP contribution in [0.5, 0.6) is 0 Å². The first kappa shape index (κ1) is 20.6. The Morgan fingerprint density at radius 3 is 2.41 bits per heavy atom. The molecule has 3 rings (SSSR count). The van der Waals surface area contributed by atoms with Gasteiger partial charge in [0.25, 0.3) is 10.0 Å². The van der Waals surface area contributed by atoms with E-state index in [1.165, 1.54) is 52.6 Å². The summed E-state index contributed by atoms with van der Waals surface area (Å²) in [5.74, 6) is -1.61. The Morgan fingerprint density at radius 2 is 1.76 bits per heavy atom. The largest absolute Gasteiger partial charge is 0.465 e. The highest BCUT2D eigenvalue weighted by molar-refractivity contribution is 7.92. The molecule has 0 saturated heterocycles. The summed E-state index contributed by atoms with van der Waals surface area (Å²) in [4.78, 5) is 24.0. The number of ether oxygens (including phenoxy) is 1. The zero-order valence-electron chi connectivity index (χ0n) is 16.1. The van der Waals surface area contributed by atoms with E-state index in [9.17, 15) is 22.4 Å². The molecule has 1 heterocycles. The SMILES string of the molecule is CCOC(=O)CN(c1ccccc1F)S(=O)(=O)c1ccc2c(c1)n(C)c(=O)n2C. The van der Waals surface area contributed by atoms with E-state index in [4.69, 9.17) is 4.74 Å². The van der Waals surface area contributed by atoms with Gasteiger partial charge in [-0.05, 0) is 37.3 Å². The average Bonchev–Trinajstić information content (AvgIpc) is 2.91. The van der Waals surface area contributed by atoms with Gasteiger partial charge < -0.3 is 4.74 Å². The van der Waals surface area contributed by atoms with E-state index < -0.39 is 28.4 Å². The van der Waals surface area contributed by atoms with Crippen LogP contribution >= 0.6 is 0 Å². The van der Waals surface area contributed by atoms with Crippen molar-refractivity contribution in [2.24, 2.45) is 14.1 Å². The van der Waals surface area contributed by atoms with Gasteiger partial charge in [0.2, 0.25) is 0 Å². The van der Waals surface area contributed by atoms with Gasteiger partial charge in [-0.25, -0.2) is 17.6 Å². The Balaban J connectivity index is 2.17. The van der Waals surface area contributed by atoms with Crippen LogP contribution in [0, 0.1) is 5.82 Å². The molecular formula is C19H20FN3O5S. The van der Waals surface area contributed by atoms with Crippen LogP contribution in [0.25, 0.3) is 11.0 Å². The molecule has 2 aromatic carbocycles. The lowest BCUT2D eigenvalue weighted by Gasteiger charge is -2.24. The first-order chi connectivity index (χ1) is 13.7. The molecule has 10 heteroatoms. The van der Waals surface area contributed by atoms with Gasteiger partial charge >= 0.3 is 11.7 Å². The maximum absolute atomic E-state index is 14.4. The van der Waals surface area contributed by atoms with Crippen molar-refractivity contribution in [1.82, 2.24) is 9.13 Å². The highest BCUT2D eigenvalue weighted by Crippen LogP contribution is 2.27. The van der Waals surface area contributed by atoms with Crippen LogP contribution in [-0.2, 0) is 33.7 Å². The zero-order chi connectivity index (χ0) is 21.3. The van der Waals surface area contributed by atoms with Crippen molar-refractivity contribution in [2.45, 2.75) is 11.8 Å². The number of imidazole rings is 1. The summed E-state index contributed by atoms with van der Waals surface area (Å²) in [5, 5.41) is 0. The quantitative estimate of drug-likeness (QED) is 0.566. The zero-order valence-corrected chi connectivity index (χ0v) is 16.9. The van der Waals surface area contributed by atoms with Crippen LogP contribution in [0.1, 0.15) is 6.92 Å². The summed E-state index contributed by atoms with van der Waals surface area (Å²) in [7, 11) is -1.24. The molecule has 3 aromatic rings. The van der Waals surface area contributed by atoms with Crippen molar-refractivity contribution in [3.8, 4) is 0 Å². The van der Waals surface area contributed by atoms with E-state index in [1.54, 1.807) is 14.0 Å². The lowest BCUT2D eigenvalue weighted by atomic mass is 10.3. The Kier molecular flexibility index (Phi) is 5.47. The van der Waals surface area contributed by atoms with Gasteiger partial charge in [-0.15, -0.1) is 0 Å². The molecule has 29 heavy (non-hydrogen) atoms. The first-order valence-electron chi connectivity index (χ1n) is 8.76. The van der Waals surface area contributed by atoms with Gasteiger partial charge in [0.05, 0.1) is 28.2 Å². The molecule has 0 aliphatic carbocycles. The van der Waals surface area contributed by atoms with Gasteiger partial charge in [-0.3, -0.25) is 18.2 Å². The topological polar surface area (TPSA) is 90.6 Å². The number of aromatic nitrogens is 2. The van der Waals surface area contributed by atoms with Crippen molar-refractivity contribution < 1.29 is 22.3 Å².